The third kappa shape index (κ3) is 5.65. The molecule has 0 atom stereocenters. The number of carbonyl (C=O) groups excluding carboxylic acids is 3. The normalized spacial score (nSPS) is 10.2. The lowest BCUT2D eigenvalue weighted by Crippen LogP contribution is -2.17. The molecule has 0 radical (unpaired) electrons. The van der Waals surface area contributed by atoms with Gasteiger partial charge in [-0.2, -0.15) is 0 Å². The van der Waals surface area contributed by atoms with Crippen molar-refractivity contribution in [1.29, 1.82) is 0 Å². The van der Waals surface area contributed by atoms with Crippen LogP contribution in [0.5, 0.6) is 11.5 Å². The van der Waals surface area contributed by atoms with Crippen LogP contribution < -0.4 is 4.74 Å². The van der Waals surface area contributed by atoms with E-state index in [1.165, 1.54) is 42.5 Å². The molecule has 0 aliphatic carbocycles. The fourth-order valence-corrected chi connectivity index (χ4v) is 2.44. The number of carboxylic acid groups (broad SMARTS) is 1. The van der Waals surface area contributed by atoms with Crippen LogP contribution in [0.4, 0.5) is 0 Å². The number of aromatic hydroxyl groups is 1. The minimum Gasteiger partial charge on any atom is -0.507 e. The van der Waals surface area contributed by atoms with Crippen LogP contribution in [0.15, 0.2) is 42.5 Å². The Balaban J connectivity index is 1.97. The van der Waals surface area contributed by atoms with Crippen LogP contribution in [-0.2, 0) is 14.3 Å². The molecule has 0 fully saturated rings. The Morgan fingerprint density at radius 1 is 0.931 bits per heavy atom. The molecule has 0 unspecified atom stereocenters. The molecular formula is C21H20O8. The number of hydrogen-bond acceptors (Lipinski definition) is 7. The molecule has 0 bridgehead atoms. The average Bonchev–Trinajstić information content (AvgIpc) is 2.72. The fourth-order valence-electron chi connectivity index (χ4n) is 2.44. The Morgan fingerprint density at radius 3 is 2.24 bits per heavy atom. The smallest absolute Gasteiger partial charge is 0.374 e. The summed E-state index contributed by atoms with van der Waals surface area (Å²) in [4.78, 5) is 46.2. The van der Waals surface area contributed by atoms with Crippen LogP contribution in [0.25, 0.3) is 0 Å². The lowest BCUT2D eigenvalue weighted by Gasteiger charge is -2.10. The van der Waals surface area contributed by atoms with Crippen LogP contribution in [0.2, 0.25) is 0 Å². The molecule has 2 aromatic rings. The van der Waals surface area contributed by atoms with Crippen LogP contribution in [0, 0.1) is 0 Å². The lowest BCUT2D eigenvalue weighted by molar-refractivity contribution is -0.153. The molecular weight excluding hydrogens is 380 g/mol. The van der Waals surface area contributed by atoms with E-state index >= 15 is 0 Å². The zero-order valence-corrected chi connectivity index (χ0v) is 15.7. The van der Waals surface area contributed by atoms with Gasteiger partial charge in [0.05, 0.1) is 24.3 Å². The maximum absolute atomic E-state index is 12.6. The van der Waals surface area contributed by atoms with Crippen molar-refractivity contribution >= 4 is 23.5 Å². The first-order valence-corrected chi connectivity index (χ1v) is 8.88. The van der Waals surface area contributed by atoms with Crippen LogP contribution >= 0.6 is 0 Å². The molecule has 0 heterocycles. The van der Waals surface area contributed by atoms with E-state index in [0.717, 1.165) is 0 Å². The summed E-state index contributed by atoms with van der Waals surface area (Å²) in [5.74, 6) is -3.42. The molecule has 0 saturated carbocycles. The zero-order valence-electron chi connectivity index (χ0n) is 15.7. The first kappa shape index (κ1) is 21.6. The van der Waals surface area contributed by atoms with Gasteiger partial charge in [0.2, 0.25) is 5.78 Å². The summed E-state index contributed by atoms with van der Waals surface area (Å²) in [7, 11) is 0. The van der Waals surface area contributed by atoms with Gasteiger partial charge >= 0.3 is 11.9 Å². The molecule has 2 rings (SSSR count). The maximum Gasteiger partial charge on any atom is 0.374 e. The predicted molar refractivity (Wildman–Crippen MR) is 101 cm³/mol. The number of aromatic carboxylic acids is 1. The number of hydrogen-bond donors (Lipinski definition) is 2. The molecule has 2 aromatic carbocycles. The highest BCUT2D eigenvalue weighted by atomic mass is 16.5. The molecule has 8 heteroatoms. The molecule has 8 nitrogen and oxygen atoms in total. The molecule has 0 saturated heterocycles. The van der Waals surface area contributed by atoms with Crippen LogP contribution in [0.3, 0.4) is 0 Å². The van der Waals surface area contributed by atoms with Gasteiger partial charge in [-0.3, -0.25) is 9.59 Å². The standard InChI is InChI=1S/C21H20O8/c1-2-17(22)21(27)29-11-5-10-28-13-8-9-16(18(23)12-13)19(24)14-6-3-4-7-15(14)20(25)26/h3-4,6-9,12,23H,2,5,10-11H2,1H3,(H,25,26). The van der Waals surface area contributed by atoms with E-state index in [9.17, 15) is 29.4 Å². The Bertz CT molecular complexity index is 932. The van der Waals surface area contributed by atoms with Gasteiger partial charge in [-0.05, 0) is 18.2 Å². The third-order valence-electron chi connectivity index (χ3n) is 3.96. The van der Waals surface area contributed by atoms with Gasteiger partial charge in [0.25, 0.3) is 0 Å². The average molecular weight is 400 g/mol. The summed E-state index contributed by atoms with van der Waals surface area (Å²) in [6.45, 7) is 1.73. The summed E-state index contributed by atoms with van der Waals surface area (Å²) < 4.78 is 10.2. The van der Waals surface area contributed by atoms with E-state index < -0.39 is 23.5 Å². The minimum atomic E-state index is -1.24. The number of ether oxygens (including phenoxy) is 2. The Morgan fingerprint density at radius 2 is 1.62 bits per heavy atom. The van der Waals surface area contributed by atoms with Gasteiger partial charge in [-0.15, -0.1) is 0 Å². The van der Waals surface area contributed by atoms with Gasteiger partial charge < -0.3 is 19.7 Å². The van der Waals surface area contributed by atoms with Gasteiger partial charge in [0.1, 0.15) is 11.5 Å². The van der Waals surface area contributed by atoms with Gasteiger partial charge in [0.15, 0.2) is 5.78 Å². The highest BCUT2D eigenvalue weighted by Gasteiger charge is 2.20. The van der Waals surface area contributed by atoms with Crippen molar-refractivity contribution < 1.29 is 38.9 Å². The quantitative estimate of drug-likeness (QED) is 0.270. The number of carboxylic acids is 1. The molecule has 0 aliphatic rings. The van der Waals surface area contributed by atoms with Crippen LogP contribution in [-0.4, -0.2) is 46.9 Å². The second-order valence-corrected chi connectivity index (χ2v) is 5.97. The van der Waals surface area contributed by atoms with E-state index in [4.69, 9.17) is 9.47 Å². The predicted octanol–water partition coefficient (Wildman–Crippen LogP) is 2.61. The number of esters is 1. The highest BCUT2D eigenvalue weighted by molar-refractivity contribution is 6.33. The molecule has 152 valence electrons. The Kier molecular flexibility index (Phi) is 7.47. The molecule has 29 heavy (non-hydrogen) atoms. The van der Waals surface area contributed by atoms with Gasteiger partial charge in [0, 0.05) is 24.5 Å². The third-order valence-corrected chi connectivity index (χ3v) is 3.96. The molecule has 0 amide bonds. The van der Waals surface area contributed by atoms with Crippen molar-refractivity contribution in [3.63, 3.8) is 0 Å². The first-order valence-electron chi connectivity index (χ1n) is 8.88. The van der Waals surface area contributed by atoms with Gasteiger partial charge in [-0.1, -0.05) is 25.1 Å². The fraction of sp³-hybridized carbons (Fsp3) is 0.238. The molecule has 0 spiro atoms. The second-order valence-electron chi connectivity index (χ2n) is 5.97. The topological polar surface area (TPSA) is 127 Å². The maximum atomic E-state index is 12.6. The molecule has 0 aromatic heterocycles. The first-order chi connectivity index (χ1) is 13.8. The van der Waals surface area contributed by atoms with E-state index in [1.54, 1.807) is 6.92 Å². The summed E-state index contributed by atoms with van der Waals surface area (Å²) in [6, 6.07) is 9.77. The monoisotopic (exact) mass is 400 g/mol. The number of Topliss-reactive ketones (excluding diaryl/α,β-unsaturated/α-hetero) is 1. The number of rotatable bonds is 10. The SMILES string of the molecule is CCC(=O)C(=O)OCCCOc1ccc(C(=O)c2ccccc2C(=O)O)c(O)c1. The highest BCUT2D eigenvalue weighted by Crippen LogP contribution is 2.27. The largest absolute Gasteiger partial charge is 0.507 e. The summed E-state index contributed by atoms with van der Waals surface area (Å²) in [6.07, 6.45) is 0.410. The zero-order chi connectivity index (χ0) is 21.4. The number of carbonyl (C=O) groups is 4. The molecule has 0 aliphatic heterocycles. The van der Waals surface area contributed by atoms with Crippen molar-refractivity contribution in [3.8, 4) is 11.5 Å². The lowest BCUT2D eigenvalue weighted by atomic mass is 9.97. The number of phenolic OH excluding ortho intramolecular Hbond substituents is 1. The number of ketones is 2. The van der Waals surface area contributed by atoms with Crippen molar-refractivity contribution in [2.75, 3.05) is 13.2 Å². The molecule has 2 N–H and O–H groups in total. The summed E-state index contributed by atoms with van der Waals surface area (Å²) in [5.41, 5.74) is -0.251. The van der Waals surface area contributed by atoms with Gasteiger partial charge in [-0.25, -0.2) is 9.59 Å². The van der Waals surface area contributed by atoms with Crippen molar-refractivity contribution in [2.24, 2.45) is 0 Å². The van der Waals surface area contributed by atoms with Crippen LogP contribution in [0.1, 0.15) is 46.0 Å². The number of phenols is 1. The van der Waals surface area contributed by atoms with Crippen molar-refractivity contribution in [1.82, 2.24) is 0 Å². The Labute approximate surface area is 166 Å². The summed E-state index contributed by atoms with van der Waals surface area (Å²) >= 11 is 0. The summed E-state index contributed by atoms with van der Waals surface area (Å²) in [5, 5.41) is 19.4. The van der Waals surface area contributed by atoms with E-state index in [-0.39, 0.29) is 47.8 Å². The Hall–Kier alpha value is -3.68. The second kappa shape index (κ2) is 10.0. The number of benzene rings is 2. The van der Waals surface area contributed by atoms with E-state index in [2.05, 4.69) is 0 Å². The van der Waals surface area contributed by atoms with Crippen molar-refractivity contribution in [2.45, 2.75) is 19.8 Å². The van der Waals surface area contributed by atoms with E-state index in [1.807, 2.05) is 0 Å². The van der Waals surface area contributed by atoms with Crippen molar-refractivity contribution in [3.05, 3.63) is 59.2 Å². The van der Waals surface area contributed by atoms with E-state index in [0.29, 0.717) is 6.42 Å². The minimum absolute atomic E-state index is 0.0130.